The third-order valence-electron chi connectivity index (χ3n) is 3.81. The molecule has 0 aliphatic heterocycles. The number of aryl methyl sites for hydroxylation is 1. The molecular weight excluding hydrogens is 300 g/mol. The summed E-state index contributed by atoms with van der Waals surface area (Å²) in [7, 11) is 1.53. The van der Waals surface area contributed by atoms with Crippen LogP contribution >= 0.6 is 0 Å². The van der Waals surface area contributed by atoms with Crippen LogP contribution in [0.4, 0.5) is 0 Å². The molecule has 8 nitrogen and oxygen atoms in total. The fourth-order valence-electron chi connectivity index (χ4n) is 2.71. The van der Waals surface area contributed by atoms with Crippen molar-refractivity contribution < 1.29 is 14.3 Å². The topological polar surface area (TPSA) is 126 Å². The summed E-state index contributed by atoms with van der Waals surface area (Å²) in [5.41, 5.74) is 6.46. The summed E-state index contributed by atoms with van der Waals surface area (Å²) in [6.45, 7) is 0.755. The van der Waals surface area contributed by atoms with Crippen molar-refractivity contribution in [2.75, 3.05) is 26.8 Å². The zero-order chi connectivity index (χ0) is 16.8. The molecule has 8 heteroatoms. The molecule has 0 aromatic carbocycles. The molecule has 23 heavy (non-hydrogen) atoms. The van der Waals surface area contributed by atoms with E-state index < -0.39 is 17.4 Å². The van der Waals surface area contributed by atoms with Gasteiger partial charge in [-0.25, -0.2) is 0 Å². The lowest BCUT2D eigenvalue weighted by Crippen LogP contribution is -2.36. The van der Waals surface area contributed by atoms with Gasteiger partial charge in [-0.05, 0) is 30.9 Å². The molecule has 2 rings (SSSR count). The lowest BCUT2D eigenvalue weighted by molar-refractivity contribution is -0.117. The van der Waals surface area contributed by atoms with Crippen molar-refractivity contribution in [1.82, 2.24) is 15.6 Å². The number of nitrogens with two attached hydrogens (primary N) is 1. The first-order valence-corrected chi connectivity index (χ1v) is 7.58. The first-order chi connectivity index (χ1) is 11.0. The minimum Gasteiger partial charge on any atom is -0.383 e. The molecular formula is C15H22N4O4. The Morgan fingerprint density at radius 2 is 2.26 bits per heavy atom. The van der Waals surface area contributed by atoms with Gasteiger partial charge in [-0.15, -0.1) is 0 Å². The molecule has 0 bridgehead atoms. The molecule has 0 radical (unpaired) electrons. The largest absolute Gasteiger partial charge is 0.383 e. The Balaban J connectivity index is 2.22. The van der Waals surface area contributed by atoms with Crippen molar-refractivity contribution in [1.29, 1.82) is 0 Å². The number of methoxy groups -OCH3 is 1. The highest BCUT2D eigenvalue weighted by atomic mass is 16.5. The average molecular weight is 322 g/mol. The number of aromatic amines is 1. The third-order valence-corrected chi connectivity index (χ3v) is 3.81. The maximum absolute atomic E-state index is 12.1. The van der Waals surface area contributed by atoms with E-state index in [1.807, 2.05) is 0 Å². The van der Waals surface area contributed by atoms with Crippen LogP contribution in [0.15, 0.2) is 10.9 Å². The first kappa shape index (κ1) is 17.2. The second-order valence-electron chi connectivity index (χ2n) is 5.49. The lowest BCUT2D eigenvalue weighted by atomic mass is 9.90. The normalized spacial score (nSPS) is 16.7. The smallest absolute Gasteiger partial charge is 0.261 e. The van der Waals surface area contributed by atoms with Gasteiger partial charge in [0.2, 0.25) is 5.91 Å². The molecule has 0 saturated heterocycles. The number of hydrogen-bond donors (Lipinski definition) is 4. The summed E-state index contributed by atoms with van der Waals surface area (Å²) in [5, 5.41) is 5.70. The highest BCUT2D eigenvalue weighted by molar-refractivity contribution is 5.94. The van der Waals surface area contributed by atoms with Crippen LogP contribution < -0.4 is 21.9 Å². The monoisotopic (exact) mass is 322 g/mol. The van der Waals surface area contributed by atoms with E-state index in [1.54, 1.807) is 6.07 Å². The maximum Gasteiger partial charge on any atom is 0.261 e. The number of carbonyl (C=O) groups is 2. The molecule has 0 saturated carbocycles. The minimum atomic E-state index is -0.445. The molecule has 1 aliphatic rings. The number of ether oxygens (including phenoxy) is 1. The summed E-state index contributed by atoms with van der Waals surface area (Å²) < 4.78 is 4.87. The van der Waals surface area contributed by atoms with E-state index in [4.69, 9.17) is 10.5 Å². The van der Waals surface area contributed by atoms with E-state index >= 15 is 0 Å². The quantitative estimate of drug-likeness (QED) is 0.489. The maximum atomic E-state index is 12.1. The van der Waals surface area contributed by atoms with Gasteiger partial charge in [0.15, 0.2) is 0 Å². The number of carbonyl (C=O) groups excluding carboxylic acids is 2. The van der Waals surface area contributed by atoms with Crippen molar-refractivity contribution in [3.05, 3.63) is 33.2 Å². The zero-order valence-electron chi connectivity index (χ0n) is 13.1. The minimum absolute atomic E-state index is 0.0542. The molecule has 1 unspecified atom stereocenters. The number of H-pyrrole nitrogens is 1. The van der Waals surface area contributed by atoms with E-state index in [9.17, 15) is 14.4 Å². The van der Waals surface area contributed by atoms with E-state index in [1.165, 1.54) is 7.11 Å². The zero-order valence-corrected chi connectivity index (χ0v) is 13.1. The van der Waals surface area contributed by atoms with Gasteiger partial charge in [-0.2, -0.15) is 0 Å². The summed E-state index contributed by atoms with van der Waals surface area (Å²) in [5.74, 6) is -0.885. The van der Waals surface area contributed by atoms with E-state index in [0.29, 0.717) is 13.2 Å². The Kier molecular flexibility index (Phi) is 5.89. The molecule has 1 atom stereocenters. The number of primary amides is 1. The van der Waals surface area contributed by atoms with Gasteiger partial charge < -0.3 is 26.1 Å². The molecule has 126 valence electrons. The van der Waals surface area contributed by atoms with Crippen LogP contribution in [-0.2, 0) is 16.0 Å². The van der Waals surface area contributed by atoms with Gasteiger partial charge >= 0.3 is 0 Å². The molecule has 1 heterocycles. The molecule has 0 spiro atoms. The fraction of sp³-hybridized carbons (Fsp3) is 0.533. The second kappa shape index (κ2) is 7.89. The first-order valence-electron chi connectivity index (χ1n) is 7.58. The van der Waals surface area contributed by atoms with Crippen LogP contribution in [-0.4, -0.2) is 43.6 Å². The lowest BCUT2D eigenvalue weighted by Gasteiger charge is -2.26. The molecule has 1 aromatic rings. The number of rotatable bonds is 7. The number of fused-ring (bicyclic) bond motifs is 1. The molecule has 1 aliphatic carbocycles. The van der Waals surface area contributed by atoms with E-state index in [0.717, 1.165) is 30.5 Å². The summed E-state index contributed by atoms with van der Waals surface area (Å²) in [6.07, 6.45) is 2.45. The van der Waals surface area contributed by atoms with Crippen LogP contribution in [0.25, 0.3) is 0 Å². The van der Waals surface area contributed by atoms with Crippen LogP contribution in [0, 0.1) is 0 Å². The van der Waals surface area contributed by atoms with Crippen LogP contribution in [0.1, 0.15) is 40.5 Å². The van der Waals surface area contributed by atoms with Gasteiger partial charge in [0.05, 0.1) is 13.2 Å². The molecule has 2 amide bonds. The van der Waals surface area contributed by atoms with E-state index in [-0.39, 0.29) is 18.2 Å². The van der Waals surface area contributed by atoms with Gasteiger partial charge in [-0.1, -0.05) is 0 Å². The van der Waals surface area contributed by atoms with E-state index in [2.05, 4.69) is 15.6 Å². The molecule has 0 fully saturated rings. The van der Waals surface area contributed by atoms with Gasteiger partial charge in [0.25, 0.3) is 11.5 Å². The summed E-state index contributed by atoms with van der Waals surface area (Å²) >= 11 is 0. The third kappa shape index (κ3) is 4.40. The predicted molar refractivity (Wildman–Crippen MR) is 84.1 cm³/mol. The van der Waals surface area contributed by atoms with Crippen molar-refractivity contribution >= 4 is 11.8 Å². The number of amides is 2. The molecule has 1 aromatic heterocycles. The highest BCUT2D eigenvalue weighted by Gasteiger charge is 2.24. The van der Waals surface area contributed by atoms with Gasteiger partial charge in [0, 0.05) is 25.4 Å². The van der Waals surface area contributed by atoms with Crippen molar-refractivity contribution in [2.45, 2.75) is 25.3 Å². The number of nitrogens with one attached hydrogen (secondary N) is 3. The van der Waals surface area contributed by atoms with Crippen molar-refractivity contribution in [3.8, 4) is 0 Å². The Morgan fingerprint density at radius 3 is 2.96 bits per heavy atom. The van der Waals surface area contributed by atoms with Gasteiger partial charge in [-0.3, -0.25) is 14.4 Å². The van der Waals surface area contributed by atoms with Crippen LogP contribution in [0.2, 0.25) is 0 Å². The number of hydrogen-bond acceptors (Lipinski definition) is 5. The Hall–Kier alpha value is -2.19. The van der Waals surface area contributed by atoms with Crippen molar-refractivity contribution in [2.24, 2.45) is 5.73 Å². The second-order valence-corrected chi connectivity index (χ2v) is 5.49. The Labute approximate surface area is 133 Å². The van der Waals surface area contributed by atoms with Crippen LogP contribution in [0.5, 0.6) is 0 Å². The van der Waals surface area contributed by atoms with Crippen LogP contribution in [0.3, 0.4) is 0 Å². The number of aromatic nitrogens is 1. The Bertz CT molecular complexity index is 641. The summed E-state index contributed by atoms with van der Waals surface area (Å²) in [4.78, 5) is 38.0. The average Bonchev–Trinajstić information content (AvgIpc) is 2.52. The highest BCUT2D eigenvalue weighted by Crippen LogP contribution is 2.28. The standard InChI is InChI=1S/C15H22N4O4/c1-23-6-5-17-14(21)10-7-9-11(18-8-13(16)20)3-2-4-12(9)19-15(10)22/h7,11,18H,2-6,8H2,1H3,(H2,16,20)(H,17,21)(H,19,22). The molecule has 5 N–H and O–H groups in total. The number of pyridine rings is 1. The Morgan fingerprint density at radius 1 is 1.48 bits per heavy atom. The summed E-state index contributed by atoms with van der Waals surface area (Å²) in [6, 6.07) is 1.50. The SMILES string of the molecule is COCCNC(=O)c1cc2c([nH]c1=O)CCCC2NCC(N)=O. The fourth-order valence-corrected chi connectivity index (χ4v) is 2.71. The van der Waals surface area contributed by atoms with Crippen molar-refractivity contribution in [3.63, 3.8) is 0 Å². The predicted octanol–water partition coefficient (Wildman–Crippen LogP) is -0.797. The van der Waals surface area contributed by atoms with Gasteiger partial charge in [0.1, 0.15) is 5.56 Å².